The molecule has 1 aromatic carbocycles. The summed E-state index contributed by atoms with van der Waals surface area (Å²) in [5.74, 6) is 0.320. The Labute approximate surface area is 123 Å². The predicted molar refractivity (Wildman–Crippen MR) is 84.3 cm³/mol. The number of hydrogen-bond donors (Lipinski definition) is 0. The molecule has 0 heterocycles. The number of nitrogens with zero attached hydrogens (tertiary/aromatic N) is 1. The molecule has 20 heavy (non-hydrogen) atoms. The fraction of sp³-hybridized carbons (Fsp3) is 0.611. The van der Waals surface area contributed by atoms with Crippen molar-refractivity contribution in [3.63, 3.8) is 0 Å². The fourth-order valence-electron chi connectivity index (χ4n) is 3.44. The number of aryl methyl sites for hydroxylation is 1. The third kappa shape index (κ3) is 2.95. The monoisotopic (exact) mass is 273 g/mol. The molecule has 2 rings (SSSR count). The average Bonchev–Trinajstić information content (AvgIpc) is 2.47. The van der Waals surface area contributed by atoms with Crippen LogP contribution in [0, 0.1) is 0 Å². The van der Waals surface area contributed by atoms with E-state index in [4.69, 9.17) is 0 Å². The maximum absolute atomic E-state index is 13.1. The van der Waals surface area contributed by atoms with Crippen molar-refractivity contribution in [2.24, 2.45) is 0 Å². The molecule has 110 valence electrons. The summed E-state index contributed by atoms with van der Waals surface area (Å²) in [6, 6.07) is 8.25. The molecule has 0 saturated heterocycles. The van der Waals surface area contributed by atoms with E-state index in [0.29, 0.717) is 5.78 Å². The third-order valence-electron chi connectivity index (χ3n) is 4.69. The van der Waals surface area contributed by atoms with Crippen molar-refractivity contribution in [3.8, 4) is 0 Å². The van der Waals surface area contributed by atoms with Crippen LogP contribution in [0.25, 0.3) is 0 Å². The quantitative estimate of drug-likeness (QED) is 0.753. The minimum atomic E-state index is -0.275. The highest BCUT2D eigenvalue weighted by atomic mass is 16.1. The van der Waals surface area contributed by atoms with Gasteiger partial charge in [0.25, 0.3) is 0 Å². The van der Waals surface area contributed by atoms with Crippen LogP contribution in [-0.2, 0) is 6.42 Å². The summed E-state index contributed by atoms with van der Waals surface area (Å²) in [7, 11) is 4.11. The Morgan fingerprint density at radius 3 is 2.50 bits per heavy atom. The third-order valence-corrected chi connectivity index (χ3v) is 4.69. The zero-order valence-electron chi connectivity index (χ0n) is 13.1. The van der Waals surface area contributed by atoms with Gasteiger partial charge in [-0.3, -0.25) is 9.69 Å². The molecule has 0 spiro atoms. The van der Waals surface area contributed by atoms with Gasteiger partial charge in [0.2, 0.25) is 0 Å². The Bertz CT molecular complexity index is 458. The van der Waals surface area contributed by atoms with Crippen molar-refractivity contribution in [2.75, 3.05) is 14.1 Å². The SMILES string of the molecule is CCCc1cccc(C(=O)C2(N(C)C)CCCCC2)c1. The molecule has 0 N–H and O–H groups in total. The summed E-state index contributed by atoms with van der Waals surface area (Å²) in [6.45, 7) is 2.18. The highest BCUT2D eigenvalue weighted by Gasteiger charge is 2.41. The zero-order chi connectivity index (χ0) is 14.6. The molecule has 0 atom stereocenters. The Morgan fingerprint density at radius 2 is 1.90 bits per heavy atom. The molecule has 0 bridgehead atoms. The first-order valence-electron chi connectivity index (χ1n) is 7.91. The summed E-state index contributed by atoms with van der Waals surface area (Å²) in [5.41, 5.74) is 1.90. The Kier molecular flexibility index (Phi) is 4.98. The lowest BCUT2D eigenvalue weighted by Gasteiger charge is -2.41. The number of rotatable bonds is 5. The molecule has 0 aromatic heterocycles. The highest BCUT2D eigenvalue weighted by molar-refractivity contribution is 6.03. The van der Waals surface area contributed by atoms with Gasteiger partial charge in [-0.2, -0.15) is 0 Å². The first kappa shape index (κ1) is 15.2. The summed E-state index contributed by atoms with van der Waals surface area (Å²) in [6.07, 6.45) is 7.76. The largest absolute Gasteiger partial charge is 0.297 e. The number of likely N-dealkylation sites (N-methyl/N-ethyl adjacent to an activating group) is 1. The normalized spacial score (nSPS) is 18.2. The molecule has 1 saturated carbocycles. The molecular weight excluding hydrogens is 246 g/mol. The van der Waals surface area contributed by atoms with Crippen LogP contribution in [-0.4, -0.2) is 30.3 Å². The van der Waals surface area contributed by atoms with Crippen LogP contribution in [0.3, 0.4) is 0 Å². The topological polar surface area (TPSA) is 20.3 Å². The minimum absolute atomic E-state index is 0.275. The van der Waals surface area contributed by atoms with E-state index in [9.17, 15) is 4.79 Å². The van der Waals surface area contributed by atoms with Gasteiger partial charge in [0.15, 0.2) is 5.78 Å². The van der Waals surface area contributed by atoms with Crippen molar-refractivity contribution in [2.45, 2.75) is 57.4 Å². The Morgan fingerprint density at radius 1 is 1.20 bits per heavy atom. The molecule has 1 aliphatic rings. The lowest BCUT2D eigenvalue weighted by Crippen LogP contribution is -2.52. The molecule has 1 aliphatic carbocycles. The van der Waals surface area contributed by atoms with Crippen LogP contribution < -0.4 is 0 Å². The van der Waals surface area contributed by atoms with E-state index < -0.39 is 0 Å². The zero-order valence-corrected chi connectivity index (χ0v) is 13.1. The maximum Gasteiger partial charge on any atom is 0.183 e. The van der Waals surface area contributed by atoms with Gasteiger partial charge in [-0.1, -0.05) is 50.8 Å². The van der Waals surface area contributed by atoms with Gasteiger partial charge in [-0.05, 0) is 45.0 Å². The van der Waals surface area contributed by atoms with Gasteiger partial charge >= 0.3 is 0 Å². The van der Waals surface area contributed by atoms with E-state index in [1.165, 1.54) is 24.8 Å². The van der Waals surface area contributed by atoms with Crippen LogP contribution in [0.5, 0.6) is 0 Å². The van der Waals surface area contributed by atoms with Crippen molar-refractivity contribution in [1.29, 1.82) is 0 Å². The molecule has 0 amide bonds. The van der Waals surface area contributed by atoms with Crippen LogP contribution >= 0.6 is 0 Å². The molecule has 2 heteroatoms. The van der Waals surface area contributed by atoms with Gasteiger partial charge in [-0.15, -0.1) is 0 Å². The first-order chi connectivity index (χ1) is 9.60. The van der Waals surface area contributed by atoms with Crippen molar-refractivity contribution in [3.05, 3.63) is 35.4 Å². The molecule has 0 radical (unpaired) electrons. The average molecular weight is 273 g/mol. The molecule has 0 aliphatic heterocycles. The van der Waals surface area contributed by atoms with Crippen molar-refractivity contribution in [1.82, 2.24) is 4.90 Å². The second-order valence-corrected chi connectivity index (χ2v) is 6.27. The Balaban J connectivity index is 2.30. The lowest BCUT2D eigenvalue weighted by molar-refractivity contribution is 0.0564. The molecule has 2 nitrogen and oxygen atoms in total. The van der Waals surface area contributed by atoms with Gasteiger partial charge in [0.1, 0.15) is 0 Å². The maximum atomic E-state index is 13.1. The number of ketones is 1. The van der Waals surface area contributed by atoms with E-state index in [1.54, 1.807) is 0 Å². The minimum Gasteiger partial charge on any atom is -0.297 e. The molecule has 1 aromatic rings. The summed E-state index contributed by atoms with van der Waals surface area (Å²) < 4.78 is 0. The van der Waals surface area contributed by atoms with E-state index in [0.717, 1.165) is 31.2 Å². The van der Waals surface area contributed by atoms with Gasteiger partial charge in [0, 0.05) is 5.56 Å². The summed E-state index contributed by atoms with van der Waals surface area (Å²) in [5, 5.41) is 0. The van der Waals surface area contributed by atoms with Gasteiger partial charge in [-0.25, -0.2) is 0 Å². The number of carbonyl (C=O) groups is 1. The summed E-state index contributed by atoms with van der Waals surface area (Å²) >= 11 is 0. The smallest absolute Gasteiger partial charge is 0.183 e. The number of Topliss-reactive ketones (excluding diaryl/α,β-unsaturated/α-hetero) is 1. The van der Waals surface area contributed by atoms with E-state index in [1.807, 2.05) is 12.1 Å². The molecular formula is C18H27NO. The van der Waals surface area contributed by atoms with Crippen LogP contribution in [0.4, 0.5) is 0 Å². The van der Waals surface area contributed by atoms with E-state index in [-0.39, 0.29) is 5.54 Å². The predicted octanol–water partition coefficient (Wildman–Crippen LogP) is 4.09. The molecule has 0 unspecified atom stereocenters. The Hall–Kier alpha value is -1.15. The lowest BCUT2D eigenvalue weighted by atomic mass is 9.75. The highest BCUT2D eigenvalue weighted by Crippen LogP contribution is 2.35. The second kappa shape index (κ2) is 6.53. The van der Waals surface area contributed by atoms with Crippen molar-refractivity contribution >= 4 is 5.78 Å². The van der Waals surface area contributed by atoms with Crippen LogP contribution in [0.15, 0.2) is 24.3 Å². The first-order valence-corrected chi connectivity index (χ1v) is 7.91. The van der Waals surface area contributed by atoms with Gasteiger partial charge < -0.3 is 0 Å². The van der Waals surface area contributed by atoms with Crippen LogP contribution in [0.2, 0.25) is 0 Å². The van der Waals surface area contributed by atoms with Gasteiger partial charge in [0.05, 0.1) is 5.54 Å². The van der Waals surface area contributed by atoms with E-state index in [2.05, 4.69) is 38.1 Å². The molecule has 1 fully saturated rings. The number of carbonyl (C=O) groups excluding carboxylic acids is 1. The fourth-order valence-corrected chi connectivity index (χ4v) is 3.44. The number of benzene rings is 1. The summed E-state index contributed by atoms with van der Waals surface area (Å²) in [4.78, 5) is 15.2. The standard InChI is InChI=1S/C18H27NO/c1-4-9-15-10-8-11-16(14-15)17(20)18(19(2)3)12-6-5-7-13-18/h8,10-11,14H,4-7,9,12-13H2,1-3H3. The number of hydrogen-bond acceptors (Lipinski definition) is 2. The van der Waals surface area contributed by atoms with Crippen molar-refractivity contribution < 1.29 is 4.79 Å². The second-order valence-electron chi connectivity index (χ2n) is 6.27. The van der Waals surface area contributed by atoms with Crippen LogP contribution in [0.1, 0.15) is 61.4 Å². The van der Waals surface area contributed by atoms with E-state index >= 15 is 0 Å².